The van der Waals surface area contributed by atoms with Gasteiger partial charge in [0.25, 0.3) is 0 Å². The summed E-state index contributed by atoms with van der Waals surface area (Å²) < 4.78 is 0. The molecule has 0 aliphatic heterocycles. The lowest BCUT2D eigenvalue weighted by atomic mass is 9.80. The number of carbonyl (C=O) groups is 2. The van der Waals surface area contributed by atoms with E-state index in [2.05, 4.69) is 15.6 Å². The quantitative estimate of drug-likeness (QED) is 0.613. The predicted molar refractivity (Wildman–Crippen MR) is 90.2 cm³/mol. The highest BCUT2D eigenvalue weighted by Gasteiger charge is 2.26. The first-order valence-electron chi connectivity index (χ1n) is 7.32. The maximum Gasteiger partial charge on any atom is 0.492 e. The molecule has 0 fully saturated rings. The molecule has 0 bridgehead atoms. The van der Waals surface area contributed by atoms with Crippen molar-refractivity contribution in [3.8, 4) is 0 Å². The molecular formula is C15H24BN3O4. The number of rotatable bonds is 3. The number of pyridine rings is 1. The number of hydrogen-bond acceptors (Lipinski definition) is 5. The zero-order valence-electron chi connectivity index (χ0n) is 14.4. The predicted octanol–water partition coefficient (Wildman–Crippen LogP) is 0.731. The van der Waals surface area contributed by atoms with Gasteiger partial charge in [-0.15, -0.1) is 0 Å². The van der Waals surface area contributed by atoms with Crippen LogP contribution in [0.1, 0.15) is 41.5 Å². The molecule has 1 rings (SSSR count). The van der Waals surface area contributed by atoms with Gasteiger partial charge in [-0.25, -0.2) is 4.98 Å². The van der Waals surface area contributed by atoms with Crippen LogP contribution in [-0.2, 0) is 9.59 Å². The van der Waals surface area contributed by atoms with Gasteiger partial charge < -0.3 is 20.7 Å². The van der Waals surface area contributed by atoms with E-state index in [1.165, 1.54) is 12.1 Å². The van der Waals surface area contributed by atoms with E-state index in [0.29, 0.717) is 0 Å². The van der Waals surface area contributed by atoms with Crippen molar-refractivity contribution in [3.63, 3.8) is 0 Å². The number of amides is 2. The molecule has 8 heteroatoms. The minimum atomic E-state index is -1.79. The Bertz CT molecular complexity index is 604. The third-order valence-electron chi connectivity index (χ3n) is 3.04. The zero-order valence-corrected chi connectivity index (χ0v) is 14.4. The van der Waals surface area contributed by atoms with Crippen LogP contribution in [-0.4, -0.2) is 34.0 Å². The fraction of sp³-hybridized carbons (Fsp3) is 0.533. The number of aromatic nitrogens is 1. The van der Waals surface area contributed by atoms with Gasteiger partial charge in [-0.05, 0) is 6.07 Å². The van der Waals surface area contributed by atoms with Crippen molar-refractivity contribution in [3.05, 3.63) is 12.1 Å². The van der Waals surface area contributed by atoms with Crippen molar-refractivity contribution in [2.24, 2.45) is 10.8 Å². The Kier molecular flexibility index (Phi) is 5.55. The van der Waals surface area contributed by atoms with Crippen LogP contribution < -0.4 is 16.1 Å². The van der Waals surface area contributed by atoms with Crippen LogP contribution in [0.3, 0.4) is 0 Å². The molecule has 0 aliphatic carbocycles. The topological polar surface area (TPSA) is 112 Å². The van der Waals surface area contributed by atoms with E-state index < -0.39 is 17.9 Å². The SMILES string of the molecule is CC(C)(C)C(=O)Nc1ccc(B(O)O)c(NC(=O)C(C)(C)C)n1. The molecule has 0 saturated heterocycles. The van der Waals surface area contributed by atoms with E-state index in [0.717, 1.165) is 0 Å². The van der Waals surface area contributed by atoms with Crippen molar-refractivity contribution < 1.29 is 19.6 Å². The van der Waals surface area contributed by atoms with Gasteiger partial charge >= 0.3 is 7.12 Å². The summed E-state index contributed by atoms with van der Waals surface area (Å²) in [6, 6.07) is 2.85. The Balaban J connectivity index is 3.13. The molecular weight excluding hydrogens is 297 g/mol. The van der Waals surface area contributed by atoms with E-state index in [-0.39, 0.29) is 28.9 Å². The van der Waals surface area contributed by atoms with Crippen LogP contribution in [0, 0.1) is 10.8 Å². The molecule has 0 aromatic carbocycles. The summed E-state index contributed by atoms with van der Waals surface area (Å²) in [6.45, 7) is 10.5. The highest BCUT2D eigenvalue weighted by molar-refractivity contribution is 6.60. The largest absolute Gasteiger partial charge is 0.492 e. The number of nitrogens with one attached hydrogen (secondary N) is 2. The fourth-order valence-corrected chi connectivity index (χ4v) is 1.45. The molecule has 4 N–H and O–H groups in total. The van der Waals surface area contributed by atoms with Crippen LogP contribution in [0.4, 0.5) is 11.6 Å². The third-order valence-corrected chi connectivity index (χ3v) is 3.04. The highest BCUT2D eigenvalue weighted by Crippen LogP contribution is 2.19. The molecule has 1 heterocycles. The summed E-state index contributed by atoms with van der Waals surface area (Å²) in [4.78, 5) is 28.2. The second-order valence-corrected chi connectivity index (χ2v) is 7.42. The minimum absolute atomic E-state index is 0.00614. The minimum Gasteiger partial charge on any atom is -0.423 e. The van der Waals surface area contributed by atoms with Gasteiger partial charge in [-0.1, -0.05) is 47.6 Å². The lowest BCUT2D eigenvalue weighted by Gasteiger charge is -2.20. The Morgan fingerprint density at radius 2 is 1.43 bits per heavy atom. The number of nitrogens with zero attached hydrogens (tertiary/aromatic N) is 1. The molecule has 1 aromatic heterocycles. The average Bonchev–Trinajstić information content (AvgIpc) is 2.36. The summed E-state index contributed by atoms with van der Waals surface area (Å²) in [5.74, 6) is -0.341. The summed E-state index contributed by atoms with van der Waals surface area (Å²) >= 11 is 0. The highest BCUT2D eigenvalue weighted by atomic mass is 16.4. The number of anilines is 2. The van der Waals surface area contributed by atoms with E-state index in [1.54, 1.807) is 41.5 Å². The normalized spacial score (nSPS) is 11.8. The monoisotopic (exact) mass is 321 g/mol. The van der Waals surface area contributed by atoms with Gasteiger partial charge in [0, 0.05) is 16.3 Å². The van der Waals surface area contributed by atoms with E-state index >= 15 is 0 Å². The molecule has 7 nitrogen and oxygen atoms in total. The van der Waals surface area contributed by atoms with Gasteiger partial charge in [0.1, 0.15) is 11.6 Å². The maximum atomic E-state index is 12.1. The van der Waals surface area contributed by atoms with Gasteiger partial charge in [0.2, 0.25) is 11.8 Å². The molecule has 126 valence electrons. The van der Waals surface area contributed by atoms with Gasteiger partial charge in [0.05, 0.1) is 0 Å². The summed E-state index contributed by atoms with van der Waals surface area (Å²) in [5, 5.41) is 24.0. The van der Waals surface area contributed by atoms with Crippen molar-refractivity contribution >= 4 is 36.0 Å². The number of hydrogen-bond donors (Lipinski definition) is 4. The number of carbonyl (C=O) groups excluding carboxylic acids is 2. The molecule has 0 aliphatic rings. The van der Waals surface area contributed by atoms with Crippen molar-refractivity contribution in [2.75, 3.05) is 10.6 Å². The summed E-state index contributed by atoms with van der Waals surface area (Å²) in [6.07, 6.45) is 0. The van der Waals surface area contributed by atoms with Gasteiger partial charge in [0.15, 0.2) is 0 Å². The Morgan fingerprint density at radius 3 is 1.87 bits per heavy atom. The molecule has 0 spiro atoms. The summed E-state index contributed by atoms with van der Waals surface area (Å²) in [7, 11) is -1.79. The molecule has 0 atom stereocenters. The lowest BCUT2D eigenvalue weighted by molar-refractivity contribution is -0.123. The summed E-state index contributed by atoms with van der Waals surface area (Å²) in [5.41, 5.74) is -1.23. The Morgan fingerprint density at radius 1 is 0.957 bits per heavy atom. The fourth-order valence-electron chi connectivity index (χ4n) is 1.45. The van der Waals surface area contributed by atoms with Crippen molar-refractivity contribution in [1.29, 1.82) is 0 Å². The molecule has 0 saturated carbocycles. The van der Waals surface area contributed by atoms with Crippen molar-refractivity contribution in [2.45, 2.75) is 41.5 Å². The average molecular weight is 321 g/mol. The first kappa shape index (κ1) is 19.1. The van der Waals surface area contributed by atoms with Crippen LogP contribution in [0.2, 0.25) is 0 Å². The second-order valence-electron chi connectivity index (χ2n) is 7.42. The molecule has 23 heavy (non-hydrogen) atoms. The Hall–Kier alpha value is -1.93. The first-order valence-corrected chi connectivity index (χ1v) is 7.32. The van der Waals surface area contributed by atoms with Crippen molar-refractivity contribution in [1.82, 2.24) is 4.98 Å². The van der Waals surface area contributed by atoms with E-state index in [1.807, 2.05) is 0 Å². The standard InChI is InChI=1S/C15H24BN3O4/c1-14(2,3)12(20)18-10-8-7-9(16(22)23)11(17-10)19-13(21)15(4,5)6/h7-8,22-23H,1-6H3,(H2,17,18,19,20,21). The van der Waals surface area contributed by atoms with Gasteiger partial charge in [-0.3, -0.25) is 9.59 Å². The zero-order chi connectivity index (χ0) is 18.0. The van der Waals surface area contributed by atoms with E-state index in [9.17, 15) is 19.6 Å². The second kappa shape index (κ2) is 6.68. The third kappa shape index (κ3) is 5.33. The smallest absolute Gasteiger partial charge is 0.423 e. The van der Waals surface area contributed by atoms with Crippen LogP contribution in [0.25, 0.3) is 0 Å². The maximum absolute atomic E-state index is 12.1. The molecule has 0 unspecified atom stereocenters. The van der Waals surface area contributed by atoms with Gasteiger partial charge in [-0.2, -0.15) is 0 Å². The first-order chi connectivity index (χ1) is 10.3. The van der Waals surface area contributed by atoms with Crippen LogP contribution in [0.15, 0.2) is 12.1 Å². The molecule has 0 radical (unpaired) electrons. The molecule has 2 amide bonds. The van der Waals surface area contributed by atoms with Crippen LogP contribution >= 0.6 is 0 Å². The van der Waals surface area contributed by atoms with Crippen LogP contribution in [0.5, 0.6) is 0 Å². The Labute approximate surface area is 136 Å². The lowest BCUT2D eigenvalue weighted by Crippen LogP contribution is -2.37. The van der Waals surface area contributed by atoms with E-state index in [4.69, 9.17) is 0 Å². The molecule has 1 aromatic rings.